The van der Waals surface area contributed by atoms with E-state index in [1.54, 1.807) is 7.11 Å². The SMILES string of the molecule is CNCCNC.COc1ccc(C2CC2C)cc1.O=C(CNC(=S)c1ccc(-c2ccccc2)cc1)N1CCCCC1. The van der Waals surface area contributed by atoms with Crippen molar-refractivity contribution < 1.29 is 9.53 Å². The van der Waals surface area contributed by atoms with Crippen LogP contribution in [-0.2, 0) is 4.79 Å². The molecule has 42 heavy (non-hydrogen) atoms. The van der Waals surface area contributed by atoms with Crippen LogP contribution < -0.4 is 20.7 Å². The zero-order valence-corrected chi connectivity index (χ0v) is 26.5. The maximum Gasteiger partial charge on any atom is 0.241 e. The van der Waals surface area contributed by atoms with Gasteiger partial charge in [-0.3, -0.25) is 4.79 Å². The zero-order chi connectivity index (χ0) is 30.2. The van der Waals surface area contributed by atoms with Crippen LogP contribution in [0.3, 0.4) is 0 Å². The molecule has 2 aliphatic rings. The number of thiocarbonyl (C=S) groups is 1. The highest BCUT2D eigenvalue weighted by atomic mass is 32.1. The second-order valence-electron chi connectivity index (χ2n) is 10.9. The molecule has 226 valence electrons. The van der Waals surface area contributed by atoms with Gasteiger partial charge in [0.15, 0.2) is 0 Å². The second-order valence-corrected chi connectivity index (χ2v) is 11.3. The molecule has 0 spiro atoms. The zero-order valence-electron chi connectivity index (χ0n) is 25.7. The summed E-state index contributed by atoms with van der Waals surface area (Å²) in [6.07, 6.45) is 4.80. The lowest BCUT2D eigenvalue weighted by molar-refractivity contribution is -0.130. The van der Waals surface area contributed by atoms with E-state index < -0.39 is 0 Å². The lowest BCUT2D eigenvalue weighted by Crippen LogP contribution is -2.42. The Bertz CT molecular complexity index is 1190. The molecule has 7 heteroatoms. The molecule has 3 N–H and O–H groups in total. The molecule has 0 bridgehead atoms. The van der Waals surface area contributed by atoms with Crippen LogP contribution in [0.15, 0.2) is 78.9 Å². The molecule has 6 nitrogen and oxygen atoms in total. The lowest BCUT2D eigenvalue weighted by Gasteiger charge is -2.27. The molecular formula is C35H48N4O2S. The van der Waals surface area contributed by atoms with E-state index in [1.165, 1.54) is 24.0 Å². The summed E-state index contributed by atoms with van der Waals surface area (Å²) in [6.45, 7) is 6.43. The first kappa shape index (κ1) is 33.2. The van der Waals surface area contributed by atoms with Gasteiger partial charge in [-0.25, -0.2) is 0 Å². The summed E-state index contributed by atoms with van der Waals surface area (Å²) in [5.74, 6) is 2.79. The molecule has 1 saturated heterocycles. The van der Waals surface area contributed by atoms with E-state index in [4.69, 9.17) is 17.0 Å². The Morgan fingerprint density at radius 1 is 0.857 bits per heavy atom. The highest BCUT2D eigenvalue weighted by molar-refractivity contribution is 7.80. The fraction of sp³-hybridized carbons (Fsp3) is 0.429. The number of hydrogen-bond acceptors (Lipinski definition) is 5. The minimum absolute atomic E-state index is 0.137. The Hall–Kier alpha value is -3.26. The Morgan fingerprint density at radius 2 is 1.43 bits per heavy atom. The molecule has 1 heterocycles. The molecule has 5 rings (SSSR count). The van der Waals surface area contributed by atoms with E-state index in [1.807, 2.05) is 61.5 Å². The second kappa shape index (κ2) is 18.3. The smallest absolute Gasteiger partial charge is 0.241 e. The van der Waals surface area contributed by atoms with Crippen molar-refractivity contribution in [2.45, 2.75) is 38.5 Å². The summed E-state index contributed by atoms with van der Waals surface area (Å²) in [7, 11) is 5.59. The van der Waals surface area contributed by atoms with Gasteiger partial charge in [0.25, 0.3) is 0 Å². The molecule has 1 aliphatic heterocycles. The monoisotopic (exact) mass is 588 g/mol. The summed E-state index contributed by atoms with van der Waals surface area (Å²) >= 11 is 5.42. The minimum atomic E-state index is 0.137. The van der Waals surface area contributed by atoms with Crippen molar-refractivity contribution in [2.24, 2.45) is 5.92 Å². The van der Waals surface area contributed by atoms with E-state index in [2.05, 4.69) is 59.3 Å². The number of rotatable bonds is 9. The van der Waals surface area contributed by atoms with Gasteiger partial charge in [0.2, 0.25) is 5.91 Å². The van der Waals surface area contributed by atoms with Gasteiger partial charge < -0.3 is 25.6 Å². The van der Waals surface area contributed by atoms with Crippen LogP contribution in [0.4, 0.5) is 0 Å². The molecule has 2 atom stereocenters. The van der Waals surface area contributed by atoms with Crippen LogP contribution in [0, 0.1) is 5.92 Å². The number of nitrogens with one attached hydrogen (secondary N) is 3. The van der Waals surface area contributed by atoms with Gasteiger partial charge in [-0.1, -0.05) is 85.9 Å². The van der Waals surface area contributed by atoms with E-state index in [0.29, 0.717) is 4.99 Å². The Kier molecular flexibility index (Phi) is 14.5. The summed E-state index contributed by atoms with van der Waals surface area (Å²) in [6, 6.07) is 26.8. The fourth-order valence-electron chi connectivity index (χ4n) is 4.85. The largest absolute Gasteiger partial charge is 0.497 e. The molecule has 2 fully saturated rings. The van der Waals surface area contributed by atoms with Crippen molar-refractivity contribution in [1.29, 1.82) is 0 Å². The van der Waals surface area contributed by atoms with E-state index in [-0.39, 0.29) is 12.5 Å². The van der Waals surface area contributed by atoms with E-state index in [0.717, 1.165) is 67.7 Å². The van der Waals surface area contributed by atoms with Crippen molar-refractivity contribution in [1.82, 2.24) is 20.9 Å². The van der Waals surface area contributed by atoms with Crippen LogP contribution in [0.1, 0.15) is 49.7 Å². The summed E-state index contributed by atoms with van der Waals surface area (Å²) in [4.78, 5) is 14.7. The standard InChI is InChI=1S/C20H22N2OS.C11H14O.C4H12N2/c23-19(22-13-5-2-6-14-22)15-21-20(24)18-11-9-17(10-12-18)16-7-3-1-4-8-16;1-8-7-11(8)9-3-5-10(12-2)6-4-9;1-5-3-4-6-2/h1,3-4,7-12H,2,5-6,13-15H2,(H,21,24);3-6,8,11H,7H2,1-2H3;5-6H,3-4H2,1-2H3. The van der Waals surface area contributed by atoms with Crippen molar-refractivity contribution >= 4 is 23.1 Å². The summed E-state index contributed by atoms with van der Waals surface area (Å²) in [5, 5.41) is 9.11. The average molecular weight is 589 g/mol. The van der Waals surface area contributed by atoms with Crippen LogP contribution in [0.2, 0.25) is 0 Å². The molecule has 1 aliphatic carbocycles. The quantitative estimate of drug-likeness (QED) is 0.215. The maximum absolute atomic E-state index is 12.2. The minimum Gasteiger partial charge on any atom is -0.497 e. The van der Waals surface area contributed by atoms with Crippen molar-refractivity contribution in [3.63, 3.8) is 0 Å². The summed E-state index contributed by atoms with van der Waals surface area (Å²) in [5.41, 5.74) is 4.74. The number of piperidine rings is 1. The molecule has 1 saturated carbocycles. The first-order chi connectivity index (χ1) is 20.5. The molecule has 3 aromatic carbocycles. The number of likely N-dealkylation sites (tertiary alicyclic amines) is 1. The van der Waals surface area contributed by atoms with Gasteiger partial charge in [-0.15, -0.1) is 0 Å². The van der Waals surface area contributed by atoms with Gasteiger partial charge in [0.1, 0.15) is 10.7 Å². The Morgan fingerprint density at radius 3 is 1.95 bits per heavy atom. The number of carbonyl (C=O) groups is 1. The number of nitrogens with zero attached hydrogens (tertiary/aromatic N) is 1. The van der Waals surface area contributed by atoms with Crippen LogP contribution in [-0.4, -0.2) is 69.7 Å². The number of hydrogen-bond donors (Lipinski definition) is 3. The van der Waals surface area contributed by atoms with Crippen molar-refractivity contribution in [2.75, 3.05) is 53.9 Å². The van der Waals surface area contributed by atoms with E-state index in [9.17, 15) is 4.79 Å². The molecule has 2 unspecified atom stereocenters. The maximum atomic E-state index is 12.2. The van der Waals surface area contributed by atoms with Crippen LogP contribution in [0.5, 0.6) is 5.75 Å². The van der Waals surface area contributed by atoms with Gasteiger partial charge in [0, 0.05) is 31.7 Å². The summed E-state index contributed by atoms with van der Waals surface area (Å²) < 4.78 is 5.10. The molecular weight excluding hydrogens is 540 g/mol. The highest BCUT2D eigenvalue weighted by Crippen LogP contribution is 2.46. The third-order valence-corrected chi connectivity index (χ3v) is 8.02. The molecule has 1 amide bonds. The molecule has 0 radical (unpaired) electrons. The van der Waals surface area contributed by atoms with Crippen LogP contribution >= 0.6 is 12.2 Å². The Balaban J connectivity index is 0.000000222. The van der Waals surface area contributed by atoms with Gasteiger partial charge in [-0.05, 0) is 80.4 Å². The van der Waals surface area contributed by atoms with Crippen molar-refractivity contribution in [3.05, 3.63) is 90.0 Å². The number of methoxy groups -OCH3 is 1. The Labute approximate surface area is 258 Å². The number of likely N-dealkylation sites (N-methyl/N-ethyl adjacent to an activating group) is 2. The number of benzene rings is 3. The molecule has 3 aromatic rings. The lowest BCUT2D eigenvalue weighted by atomic mass is 10.0. The number of carbonyl (C=O) groups excluding carboxylic acids is 1. The first-order valence-corrected chi connectivity index (χ1v) is 15.5. The molecule has 0 aromatic heterocycles. The van der Waals surface area contributed by atoms with Gasteiger partial charge >= 0.3 is 0 Å². The normalized spacial score (nSPS) is 17.1. The fourth-order valence-corrected chi connectivity index (χ4v) is 5.05. The topological polar surface area (TPSA) is 65.6 Å². The van der Waals surface area contributed by atoms with Gasteiger partial charge in [0.05, 0.1) is 13.7 Å². The predicted octanol–water partition coefficient (Wildman–Crippen LogP) is 5.88. The number of ether oxygens (including phenoxy) is 1. The average Bonchev–Trinajstić information content (AvgIpc) is 3.80. The first-order valence-electron chi connectivity index (χ1n) is 15.1. The van der Waals surface area contributed by atoms with Gasteiger partial charge in [-0.2, -0.15) is 0 Å². The number of amides is 1. The van der Waals surface area contributed by atoms with E-state index >= 15 is 0 Å². The predicted molar refractivity (Wildman–Crippen MR) is 179 cm³/mol. The third kappa shape index (κ3) is 11.2. The van der Waals surface area contributed by atoms with Crippen LogP contribution in [0.25, 0.3) is 11.1 Å². The highest BCUT2D eigenvalue weighted by Gasteiger charge is 2.33. The third-order valence-electron chi connectivity index (χ3n) is 7.64. The van der Waals surface area contributed by atoms with Crippen molar-refractivity contribution in [3.8, 4) is 16.9 Å².